The van der Waals surface area contributed by atoms with E-state index in [4.69, 9.17) is 4.74 Å². The van der Waals surface area contributed by atoms with Crippen molar-refractivity contribution in [1.82, 2.24) is 0 Å². The molecule has 0 bridgehead atoms. The van der Waals surface area contributed by atoms with Gasteiger partial charge in [0.15, 0.2) is 5.78 Å². The average Bonchev–Trinajstić information content (AvgIpc) is 2.28. The third-order valence-corrected chi connectivity index (χ3v) is 2.33. The molecule has 1 aromatic rings. The molecule has 1 aromatic carbocycles. The zero-order chi connectivity index (χ0) is 14.5. The molecule has 6 heteroatoms. The van der Waals surface area contributed by atoms with Gasteiger partial charge in [0.25, 0.3) is 0 Å². The van der Waals surface area contributed by atoms with Crippen LogP contribution in [0.4, 0.5) is 13.2 Å². The van der Waals surface area contributed by atoms with Crippen molar-refractivity contribution >= 4 is 5.78 Å². The van der Waals surface area contributed by atoms with Crippen molar-refractivity contribution in [2.24, 2.45) is 0 Å². The Labute approximate surface area is 109 Å². The standard InChI is InChI=1S/C13H15F3O3/c1-9-7-11(10(2)17)3-4-12(9)19-6-5-18-8-13(14,15)16/h3-4,7H,5-6,8H2,1-2H3. The van der Waals surface area contributed by atoms with E-state index < -0.39 is 12.8 Å². The van der Waals surface area contributed by atoms with Crippen LogP contribution < -0.4 is 4.74 Å². The van der Waals surface area contributed by atoms with Crippen LogP contribution in [0.5, 0.6) is 5.75 Å². The first kappa shape index (κ1) is 15.5. The molecule has 0 saturated carbocycles. The number of carbonyl (C=O) groups excluding carboxylic acids is 1. The Kier molecular flexibility index (Phi) is 5.35. The van der Waals surface area contributed by atoms with Crippen LogP contribution in [0.1, 0.15) is 22.8 Å². The molecular weight excluding hydrogens is 261 g/mol. The molecule has 0 heterocycles. The Bertz CT molecular complexity index is 441. The van der Waals surface area contributed by atoms with E-state index in [-0.39, 0.29) is 19.0 Å². The van der Waals surface area contributed by atoms with Crippen LogP contribution in [0.3, 0.4) is 0 Å². The lowest BCUT2D eigenvalue weighted by atomic mass is 10.1. The van der Waals surface area contributed by atoms with E-state index in [0.29, 0.717) is 11.3 Å². The van der Waals surface area contributed by atoms with Gasteiger partial charge in [-0.2, -0.15) is 13.2 Å². The number of ether oxygens (including phenoxy) is 2. The van der Waals surface area contributed by atoms with E-state index in [1.54, 1.807) is 25.1 Å². The molecular formula is C13H15F3O3. The summed E-state index contributed by atoms with van der Waals surface area (Å²) in [5.74, 6) is 0.476. The summed E-state index contributed by atoms with van der Waals surface area (Å²) in [6.07, 6.45) is -4.32. The minimum absolute atomic E-state index is 0.0241. The average molecular weight is 276 g/mol. The molecule has 0 amide bonds. The van der Waals surface area contributed by atoms with Crippen molar-refractivity contribution in [2.75, 3.05) is 19.8 Å². The highest BCUT2D eigenvalue weighted by Gasteiger charge is 2.27. The smallest absolute Gasteiger partial charge is 0.411 e. The third-order valence-electron chi connectivity index (χ3n) is 2.33. The summed E-state index contributed by atoms with van der Waals surface area (Å²) in [6, 6.07) is 4.91. The predicted molar refractivity (Wildman–Crippen MR) is 63.6 cm³/mol. The molecule has 0 N–H and O–H groups in total. The van der Waals surface area contributed by atoms with Gasteiger partial charge in [-0.1, -0.05) is 0 Å². The molecule has 1 rings (SSSR count). The molecule has 106 valence electrons. The first-order valence-electron chi connectivity index (χ1n) is 5.68. The van der Waals surface area contributed by atoms with Gasteiger partial charge in [0, 0.05) is 5.56 Å². The number of aryl methyl sites for hydroxylation is 1. The maximum Gasteiger partial charge on any atom is 0.411 e. The first-order valence-corrected chi connectivity index (χ1v) is 5.68. The number of rotatable bonds is 6. The zero-order valence-electron chi connectivity index (χ0n) is 10.7. The molecule has 0 spiro atoms. The second-order valence-electron chi connectivity index (χ2n) is 4.05. The summed E-state index contributed by atoms with van der Waals surface area (Å²) in [6.45, 7) is 1.82. The number of carbonyl (C=O) groups is 1. The highest BCUT2D eigenvalue weighted by Crippen LogP contribution is 2.19. The SMILES string of the molecule is CC(=O)c1ccc(OCCOCC(F)(F)F)c(C)c1. The van der Waals surface area contributed by atoms with Crippen molar-refractivity contribution in [3.05, 3.63) is 29.3 Å². The second-order valence-corrected chi connectivity index (χ2v) is 4.05. The summed E-state index contributed by atoms with van der Waals surface area (Å²) >= 11 is 0. The lowest BCUT2D eigenvalue weighted by Gasteiger charge is -2.11. The Morgan fingerprint density at radius 3 is 2.47 bits per heavy atom. The lowest BCUT2D eigenvalue weighted by molar-refractivity contribution is -0.175. The van der Waals surface area contributed by atoms with Crippen molar-refractivity contribution in [3.8, 4) is 5.75 Å². The number of Topliss-reactive ketones (excluding diaryl/α,β-unsaturated/α-hetero) is 1. The van der Waals surface area contributed by atoms with Crippen LogP contribution in [0, 0.1) is 6.92 Å². The predicted octanol–water partition coefficient (Wildman–Crippen LogP) is 3.16. The molecule has 0 aliphatic heterocycles. The summed E-state index contributed by atoms with van der Waals surface area (Å²) in [5, 5.41) is 0. The van der Waals surface area contributed by atoms with Crippen LogP contribution in [-0.2, 0) is 4.74 Å². The highest BCUT2D eigenvalue weighted by atomic mass is 19.4. The van der Waals surface area contributed by atoms with Crippen LogP contribution in [0.15, 0.2) is 18.2 Å². The fraction of sp³-hybridized carbons (Fsp3) is 0.462. The number of hydrogen-bond donors (Lipinski definition) is 0. The van der Waals surface area contributed by atoms with E-state index in [2.05, 4.69) is 4.74 Å². The molecule has 0 aliphatic rings. The number of halogens is 3. The third kappa shape index (κ3) is 5.74. The minimum Gasteiger partial charge on any atom is -0.491 e. The van der Waals surface area contributed by atoms with Gasteiger partial charge >= 0.3 is 6.18 Å². The Morgan fingerprint density at radius 1 is 1.26 bits per heavy atom. The molecule has 0 aliphatic carbocycles. The van der Waals surface area contributed by atoms with Crippen LogP contribution in [0.25, 0.3) is 0 Å². The van der Waals surface area contributed by atoms with E-state index in [1.165, 1.54) is 6.92 Å². The zero-order valence-corrected chi connectivity index (χ0v) is 10.7. The van der Waals surface area contributed by atoms with Crippen LogP contribution >= 0.6 is 0 Å². The van der Waals surface area contributed by atoms with Gasteiger partial charge in [0.05, 0.1) is 6.61 Å². The number of alkyl halides is 3. The molecule has 0 atom stereocenters. The van der Waals surface area contributed by atoms with E-state index >= 15 is 0 Å². The summed E-state index contributed by atoms with van der Waals surface area (Å²) in [7, 11) is 0. The molecule has 0 unspecified atom stereocenters. The van der Waals surface area contributed by atoms with E-state index in [9.17, 15) is 18.0 Å². The maximum absolute atomic E-state index is 11.8. The van der Waals surface area contributed by atoms with Gasteiger partial charge in [0.2, 0.25) is 0 Å². The Morgan fingerprint density at radius 2 is 1.95 bits per heavy atom. The maximum atomic E-state index is 11.8. The van der Waals surface area contributed by atoms with Crippen molar-refractivity contribution in [3.63, 3.8) is 0 Å². The Hall–Kier alpha value is -1.56. The summed E-state index contributed by atoms with van der Waals surface area (Å²) in [4.78, 5) is 11.1. The van der Waals surface area contributed by atoms with Crippen molar-refractivity contribution in [2.45, 2.75) is 20.0 Å². The monoisotopic (exact) mass is 276 g/mol. The fourth-order valence-electron chi connectivity index (χ4n) is 1.43. The van der Waals surface area contributed by atoms with Crippen molar-refractivity contribution < 1.29 is 27.4 Å². The number of ketones is 1. The molecule has 0 saturated heterocycles. The molecule has 19 heavy (non-hydrogen) atoms. The molecule has 0 radical (unpaired) electrons. The van der Waals surface area contributed by atoms with Gasteiger partial charge in [-0.05, 0) is 37.6 Å². The highest BCUT2D eigenvalue weighted by molar-refractivity contribution is 5.94. The van der Waals surface area contributed by atoms with E-state index in [1.807, 2.05) is 0 Å². The van der Waals surface area contributed by atoms with Gasteiger partial charge in [0.1, 0.15) is 19.0 Å². The molecule has 0 aromatic heterocycles. The van der Waals surface area contributed by atoms with Crippen LogP contribution in [-0.4, -0.2) is 31.8 Å². The Balaban J connectivity index is 2.40. The van der Waals surface area contributed by atoms with Gasteiger partial charge in [-0.3, -0.25) is 4.79 Å². The van der Waals surface area contributed by atoms with Gasteiger partial charge in [-0.25, -0.2) is 0 Å². The van der Waals surface area contributed by atoms with Crippen molar-refractivity contribution in [1.29, 1.82) is 0 Å². The molecule has 0 fully saturated rings. The van der Waals surface area contributed by atoms with Gasteiger partial charge in [-0.15, -0.1) is 0 Å². The largest absolute Gasteiger partial charge is 0.491 e. The second kappa shape index (κ2) is 6.56. The quantitative estimate of drug-likeness (QED) is 0.591. The summed E-state index contributed by atoms with van der Waals surface area (Å²) < 4.78 is 45.1. The van der Waals surface area contributed by atoms with E-state index in [0.717, 1.165) is 5.56 Å². The van der Waals surface area contributed by atoms with Gasteiger partial charge < -0.3 is 9.47 Å². The molecule has 3 nitrogen and oxygen atoms in total. The minimum atomic E-state index is -4.32. The lowest BCUT2D eigenvalue weighted by Crippen LogP contribution is -2.19. The fourth-order valence-corrected chi connectivity index (χ4v) is 1.43. The topological polar surface area (TPSA) is 35.5 Å². The number of benzene rings is 1. The summed E-state index contributed by atoms with van der Waals surface area (Å²) in [5.41, 5.74) is 1.32. The van der Waals surface area contributed by atoms with Crippen LogP contribution in [0.2, 0.25) is 0 Å². The first-order chi connectivity index (χ1) is 8.79. The number of hydrogen-bond acceptors (Lipinski definition) is 3. The normalized spacial score (nSPS) is 11.4.